The lowest BCUT2D eigenvalue weighted by molar-refractivity contribution is -0.137. The van der Waals surface area contributed by atoms with Crippen molar-refractivity contribution >= 4 is 39.6 Å². The fourth-order valence-electron chi connectivity index (χ4n) is 1.60. The summed E-state index contributed by atoms with van der Waals surface area (Å²) < 4.78 is 1.03. The Morgan fingerprint density at radius 3 is 2.75 bits per heavy atom. The average Bonchev–Trinajstić information content (AvgIpc) is 2.37. The van der Waals surface area contributed by atoms with Crippen LogP contribution >= 0.6 is 27.7 Å². The lowest BCUT2D eigenvalue weighted by atomic mass is 10.2. The van der Waals surface area contributed by atoms with Crippen LogP contribution in [0.2, 0.25) is 0 Å². The molecule has 2 N–H and O–H groups in total. The van der Waals surface area contributed by atoms with E-state index in [0.29, 0.717) is 25.1 Å². The van der Waals surface area contributed by atoms with Gasteiger partial charge in [0.15, 0.2) is 0 Å². The first-order valence-corrected chi connectivity index (χ1v) is 8.14. The van der Waals surface area contributed by atoms with E-state index in [1.165, 1.54) is 11.8 Å². The standard InChI is InChI=1S/C14H18BrNO3S/c1-10-8-11(15)5-6-12(10)20-9-13(17)16-7-3-2-4-14(18)19/h5-6,8H,2-4,7,9H2,1H3,(H,16,17)(H,18,19). The Labute approximate surface area is 131 Å². The third kappa shape index (κ3) is 6.96. The first-order valence-electron chi connectivity index (χ1n) is 6.36. The van der Waals surface area contributed by atoms with Gasteiger partial charge in [0.05, 0.1) is 5.75 Å². The summed E-state index contributed by atoms with van der Waals surface area (Å²) in [5.41, 5.74) is 1.14. The molecule has 20 heavy (non-hydrogen) atoms. The van der Waals surface area contributed by atoms with Gasteiger partial charge in [-0.2, -0.15) is 0 Å². The van der Waals surface area contributed by atoms with E-state index in [2.05, 4.69) is 21.2 Å². The summed E-state index contributed by atoms with van der Waals surface area (Å²) in [5, 5.41) is 11.3. The van der Waals surface area contributed by atoms with Crippen LogP contribution in [0.25, 0.3) is 0 Å². The minimum Gasteiger partial charge on any atom is -0.481 e. The molecule has 1 amide bonds. The van der Waals surface area contributed by atoms with Crippen LogP contribution in [0.1, 0.15) is 24.8 Å². The van der Waals surface area contributed by atoms with Crippen LogP contribution in [0.3, 0.4) is 0 Å². The van der Waals surface area contributed by atoms with E-state index >= 15 is 0 Å². The molecule has 0 aliphatic carbocycles. The normalized spacial score (nSPS) is 10.3. The number of carbonyl (C=O) groups is 2. The molecule has 0 unspecified atom stereocenters. The van der Waals surface area contributed by atoms with Crippen molar-refractivity contribution in [2.45, 2.75) is 31.1 Å². The van der Waals surface area contributed by atoms with Crippen molar-refractivity contribution in [2.75, 3.05) is 12.3 Å². The Morgan fingerprint density at radius 1 is 1.35 bits per heavy atom. The van der Waals surface area contributed by atoms with Crippen LogP contribution in [-0.4, -0.2) is 29.3 Å². The van der Waals surface area contributed by atoms with Gasteiger partial charge in [-0.3, -0.25) is 9.59 Å². The lowest BCUT2D eigenvalue weighted by Gasteiger charge is -2.07. The number of benzene rings is 1. The van der Waals surface area contributed by atoms with Gasteiger partial charge in [-0.1, -0.05) is 15.9 Å². The number of nitrogens with one attached hydrogen (secondary N) is 1. The highest BCUT2D eigenvalue weighted by Crippen LogP contribution is 2.24. The third-order valence-corrected chi connectivity index (χ3v) is 4.30. The highest BCUT2D eigenvalue weighted by Gasteiger charge is 2.05. The molecule has 0 saturated carbocycles. The summed E-state index contributed by atoms with van der Waals surface area (Å²) in [6.07, 6.45) is 1.44. The second-order valence-electron chi connectivity index (χ2n) is 4.40. The molecule has 0 aromatic heterocycles. The van der Waals surface area contributed by atoms with Gasteiger partial charge < -0.3 is 10.4 Å². The molecule has 1 aromatic carbocycles. The number of hydrogen-bond acceptors (Lipinski definition) is 3. The number of carboxylic acids is 1. The molecule has 0 radical (unpaired) electrons. The Hall–Kier alpha value is -1.01. The van der Waals surface area contributed by atoms with Gasteiger partial charge in [0.1, 0.15) is 0 Å². The molecule has 0 aliphatic rings. The fraction of sp³-hybridized carbons (Fsp3) is 0.429. The molecule has 0 bridgehead atoms. The first kappa shape index (κ1) is 17.0. The number of halogens is 1. The SMILES string of the molecule is Cc1cc(Br)ccc1SCC(=O)NCCCCC(=O)O. The van der Waals surface area contributed by atoms with Crippen molar-refractivity contribution in [3.05, 3.63) is 28.2 Å². The zero-order valence-electron chi connectivity index (χ0n) is 11.3. The highest BCUT2D eigenvalue weighted by atomic mass is 79.9. The Kier molecular flexibility index (Phi) is 7.69. The number of thioether (sulfide) groups is 1. The number of aryl methyl sites for hydroxylation is 1. The maximum absolute atomic E-state index is 11.6. The van der Waals surface area contributed by atoms with Gasteiger partial charge in [0.2, 0.25) is 5.91 Å². The highest BCUT2D eigenvalue weighted by molar-refractivity contribution is 9.10. The van der Waals surface area contributed by atoms with Gasteiger partial charge in [-0.25, -0.2) is 0 Å². The van der Waals surface area contributed by atoms with E-state index < -0.39 is 5.97 Å². The molecular weight excluding hydrogens is 342 g/mol. The molecule has 0 atom stereocenters. The predicted molar refractivity (Wildman–Crippen MR) is 84.1 cm³/mol. The van der Waals surface area contributed by atoms with Crippen molar-refractivity contribution in [1.29, 1.82) is 0 Å². The van der Waals surface area contributed by atoms with E-state index in [1.807, 2.05) is 25.1 Å². The van der Waals surface area contributed by atoms with E-state index in [4.69, 9.17) is 5.11 Å². The second kappa shape index (κ2) is 9.02. The smallest absolute Gasteiger partial charge is 0.303 e. The molecule has 0 spiro atoms. The minimum atomic E-state index is -0.794. The summed E-state index contributed by atoms with van der Waals surface area (Å²) in [5.74, 6) is -0.438. The summed E-state index contributed by atoms with van der Waals surface area (Å²) in [6.45, 7) is 2.54. The number of carbonyl (C=O) groups excluding carboxylic acids is 1. The molecule has 6 heteroatoms. The molecule has 0 heterocycles. The average molecular weight is 360 g/mol. The van der Waals surface area contributed by atoms with Gasteiger partial charge >= 0.3 is 5.97 Å². The first-order chi connectivity index (χ1) is 9.49. The quantitative estimate of drug-likeness (QED) is 0.552. The maximum atomic E-state index is 11.6. The zero-order chi connectivity index (χ0) is 15.0. The number of rotatable bonds is 8. The molecule has 4 nitrogen and oxygen atoms in total. The second-order valence-corrected chi connectivity index (χ2v) is 6.33. The Balaban J connectivity index is 2.21. The number of hydrogen-bond donors (Lipinski definition) is 2. The predicted octanol–water partition coefficient (Wildman–Crippen LogP) is 3.22. The number of amides is 1. The van der Waals surface area contributed by atoms with Crippen LogP contribution in [0, 0.1) is 6.92 Å². The fourth-order valence-corrected chi connectivity index (χ4v) is 2.91. The summed E-state index contributed by atoms with van der Waals surface area (Å²) in [4.78, 5) is 23.0. The van der Waals surface area contributed by atoms with Crippen molar-refractivity contribution in [3.8, 4) is 0 Å². The van der Waals surface area contributed by atoms with E-state index in [9.17, 15) is 9.59 Å². The van der Waals surface area contributed by atoms with Crippen LogP contribution in [0.4, 0.5) is 0 Å². The third-order valence-electron chi connectivity index (χ3n) is 2.64. The van der Waals surface area contributed by atoms with Crippen LogP contribution in [-0.2, 0) is 9.59 Å². The molecule has 0 saturated heterocycles. The number of aliphatic carboxylic acids is 1. The lowest BCUT2D eigenvalue weighted by Crippen LogP contribution is -2.26. The number of carboxylic acid groups (broad SMARTS) is 1. The summed E-state index contributed by atoms with van der Waals surface area (Å²) in [6, 6.07) is 5.97. The molecule has 1 aromatic rings. The molecule has 1 rings (SSSR count). The minimum absolute atomic E-state index is 0.0207. The van der Waals surface area contributed by atoms with Crippen LogP contribution in [0.5, 0.6) is 0 Å². The van der Waals surface area contributed by atoms with Gasteiger partial charge in [0, 0.05) is 22.3 Å². The summed E-state index contributed by atoms with van der Waals surface area (Å²) in [7, 11) is 0. The van der Waals surface area contributed by atoms with Gasteiger partial charge in [-0.15, -0.1) is 11.8 Å². The van der Waals surface area contributed by atoms with Crippen LogP contribution < -0.4 is 5.32 Å². The van der Waals surface area contributed by atoms with Crippen molar-refractivity contribution < 1.29 is 14.7 Å². The van der Waals surface area contributed by atoms with E-state index in [-0.39, 0.29) is 12.3 Å². The van der Waals surface area contributed by atoms with E-state index in [0.717, 1.165) is 14.9 Å². The van der Waals surface area contributed by atoms with Crippen LogP contribution in [0.15, 0.2) is 27.6 Å². The van der Waals surface area contributed by atoms with Crippen molar-refractivity contribution in [2.24, 2.45) is 0 Å². The van der Waals surface area contributed by atoms with Crippen molar-refractivity contribution in [1.82, 2.24) is 5.32 Å². The van der Waals surface area contributed by atoms with E-state index in [1.54, 1.807) is 0 Å². The van der Waals surface area contributed by atoms with Gasteiger partial charge in [-0.05, 0) is 43.5 Å². The molecule has 0 fully saturated rings. The van der Waals surface area contributed by atoms with Gasteiger partial charge in [0.25, 0.3) is 0 Å². The maximum Gasteiger partial charge on any atom is 0.303 e. The monoisotopic (exact) mass is 359 g/mol. The molecular formula is C14H18BrNO3S. The zero-order valence-corrected chi connectivity index (χ0v) is 13.7. The molecule has 0 aliphatic heterocycles. The Morgan fingerprint density at radius 2 is 2.10 bits per heavy atom. The largest absolute Gasteiger partial charge is 0.481 e. The molecule has 110 valence electrons. The topological polar surface area (TPSA) is 66.4 Å². The number of unbranched alkanes of at least 4 members (excludes halogenated alkanes) is 1. The Bertz CT molecular complexity index is 479. The van der Waals surface area contributed by atoms with Crippen molar-refractivity contribution in [3.63, 3.8) is 0 Å². The summed E-state index contributed by atoms with van der Waals surface area (Å²) >= 11 is 4.91.